The summed E-state index contributed by atoms with van der Waals surface area (Å²) in [4.78, 5) is 0. The summed E-state index contributed by atoms with van der Waals surface area (Å²) in [6, 6.07) is 0. The zero-order valence-electron chi connectivity index (χ0n) is 14.9. The number of rotatable bonds is 2. The smallest absolute Gasteiger partial charge is 0.122 e. The van der Waals surface area contributed by atoms with Crippen molar-refractivity contribution in [3.63, 3.8) is 0 Å². The van der Waals surface area contributed by atoms with E-state index in [0.717, 1.165) is 19.3 Å². The fraction of sp³-hybridized carbons (Fsp3) is 0.905. The topological polar surface area (TPSA) is 20.2 Å². The molecule has 1 N–H and O–H groups in total. The van der Waals surface area contributed by atoms with Gasteiger partial charge < -0.3 is 5.11 Å². The summed E-state index contributed by atoms with van der Waals surface area (Å²) in [6.45, 7) is 5.16. The molecule has 4 rings (SSSR count). The lowest BCUT2D eigenvalue weighted by molar-refractivity contribution is -0.0686. The maximum atomic E-state index is 15.1. The number of fused-ring (bicyclic) bond motifs is 5. The fourth-order valence-electron chi connectivity index (χ4n) is 7.50. The van der Waals surface area contributed by atoms with Gasteiger partial charge in [0.25, 0.3) is 0 Å². The molecule has 0 spiro atoms. The molecule has 4 aliphatic rings. The van der Waals surface area contributed by atoms with Crippen LogP contribution in [0.15, 0.2) is 11.6 Å². The molecule has 1 nitrogen and oxygen atoms in total. The zero-order valence-corrected chi connectivity index (χ0v) is 14.9. The van der Waals surface area contributed by atoms with Crippen LogP contribution in [0.1, 0.15) is 71.6 Å². The minimum Gasteiger partial charge on any atom is -0.396 e. The first-order valence-electron chi connectivity index (χ1n) is 9.96. The van der Waals surface area contributed by atoms with E-state index in [4.69, 9.17) is 0 Å². The number of aliphatic hydroxyl groups is 1. The van der Waals surface area contributed by atoms with E-state index in [0.29, 0.717) is 35.7 Å². The van der Waals surface area contributed by atoms with Crippen molar-refractivity contribution in [1.82, 2.24) is 0 Å². The molecule has 0 saturated heterocycles. The van der Waals surface area contributed by atoms with Crippen LogP contribution in [-0.4, -0.2) is 17.9 Å². The minimum atomic E-state index is -0.694. The van der Waals surface area contributed by atoms with Gasteiger partial charge in [-0.2, -0.15) is 0 Å². The molecule has 130 valence electrons. The minimum absolute atomic E-state index is 0.136. The molecule has 1 unspecified atom stereocenters. The molecule has 0 amide bonds. The number of allylic oxidation sites excluding steroid dienone is 2. The molecule has 7 atom stereocenters. The Kier molecular flexibility index (Phi) is 3.91. The molecular weight excluding hydrogens is 287 g/mol. The Balaban J connectivity index is 1.66. The van der Waals surface area contributed by atoms with Gasteiger partial charge in [0.15, 0.2) is 0 Å². The van der Waals surface area contributed by atoms with Crippen LogP contribution in [-0.2, 0) is 0 Å². The van der Waals surface area contributed by atoms with Crippen molar-refractivity contribution >= 4 is 0 Å². The van der Waals surface area contributed by atoms with Crippen molar-refractivity contribution in [2.45, 2.75) is 77.8 Å². The Morgan fingerprint density at radius 1 is 1.17 bits per heavy atom. The summed E-state index contributed by atoms with van der Waals surface area (Å²) in [6.07, 6.45) is 11.9. The molecule has 23 heavy (non-hydrogen) atoms. The van der Waals surface area contributed by atoms with E-state index in [9.17, 15) is 5.11 Å². The van der Waals surface area contributed by atoms with Gasteiger partial charge in [-0.05, 0) is 97.9 Å². The van der Waals surface area contributed by atoms with Crippen LogP contribution >= 0.6 is 0 Å². The standard InChI is InChI=1S/C21H33FO/c1-20-11-8-17-15(16(20)7-6-14(20)9-12-23)13-19(22)18-5-3-4-10-21(17,18)2/h5,14-17,19,23H,3-4,6-13H2,1-2H3/t14-,15+,16+,17+,19?,20-,21-/m1/s1. The summed E-state index contributed by atoms with van der Waals surface area (Å²) in [5.74, 6) is 2.63. The van der Waals surface area contributed by atoms with Crippen molar-refractivity contribution in [3.05, 3.63) is 11.6 Å². The predicted octanol–water partition coefficient (Wildman–Crippen LogP) is 5.29. The van der Waals surface area contributed by atoms with E-state index in [1.807, 2.05) is 0 Å². The maximum absolute atomic E-state index is 15.1. The van der Waals surface area contributed by atoms with Crippen LogP contribution in [0.4, 0.5) is 4.39 Å². The SMILES string of the molecule is C[C@]12CC[C@H]3[C@@H](CC(F)C4=CCCC[C@@]43C)[C@@H]1CC[C@@H]2CCO. The quantitative estimate of drug-likeness (QED) is 0.686. The first kappa shape index (κ1) is 16.1. The summed E-state index contributed by atoms with van der Waals surface area (Å²) >= 11 is 0. The van der Waals surface area contributed by atoms with E-state index < -0.39 is 6.17 Å². The van der Waals surface area contributed by atoms with E-state index in [1.165, 1.54) is 44.1 Å². The molecule has 0 radical (unpaired) electrons. The summed E-state index contributed by atoms with van der Waals surface area (Å²) in [7, 11) is 0. The third-order valence-electron chi connectivity index (χ3n) is 8.67. The van der Waals surface area contributed by atoms with Gasteiger partial charge in [0.2, 0.25) is 0 Å². The molecule has 4 aliphatic carbocycles. The Labute approximate surface area is 140 Å². The Bertz CT molecular complexity index is 500. The molecule has 3 fully saturated rings. The molecule has 0 aromatic heterocycles. The van der Waals surface area contributed by atoms with Crippen molar-refractivity contribution in [3.8, 4) is 0 Å². The largest absolute Gasteiger partial charge is 0.396 e. The number of aliphatic hydroxyl groups excluding tert-OH is 1. The first-order chi connectivity index (χ1) is 11.0. The van der Waals surface area contributed by atoms with Gasteiger partial charge >= 0.3 is 0 Å². The lowest BCUT2D eigenvalue weighted by atomic mass is 9.46. The summed E-state index contributed by atoms with van der Waals surface area (Å²) in [5, 5.41) is 9.43. The van der Waals surface area contributed by atoms with E-state index in [2.05, 4.69) is 19.9 Å². The van der Waals surface area contributed by atoms with Gasteiger partial charge in [0, 0.05) is 6.61 Å². The highest BCUT2D eigenvalue weighted by molar-refractivity contribution is 5.27. The lowest BCUT2D eigenvalue weighted by Crippen LogP contribution is -2.52. The fourth-order valence-corrected chi connectivity index (χ4v) is 7.50. The van der Waals surface area contributed by atoms with E-state index >= 15 is 4.39 Å². The van der Waals surface area contributed by atoms with Crippen molar-refractivity contribution in [2.24, 2.45) is 34.5 Å². The predicted molar refractivity (Wildman–Crippen MR) is 91.8 cm³/mol. The number of hydrogen-bond donors (Lipinski definition) is 1. The molecule has 2 heteroatoms. The Morgan fingerprint density at radius 3 is 2.78 bits per heavy atom. The molecule has 0 heterocycles. The van der Waals surface area contributed by atoms with Gasteiger partial charge in [0.1, 0.15) is 6.17 Å². The van der Waals surface area contributed by atoms with Crippen molar-refractivity contribution in [1.29, 1.82) is 0 Å². The first-order valence-corrected chi connectivity index (χ1v) is 9.96. The third-order valence-corrected chi connectivity index (χ3v) is 8.67. The maximum Gasteiger partial charge on any atom is 0.122 e. The third kappa shape index (κ3) is 2.19. The second-order valence-corrected chi connectivity index (χ2v) is 9.38. The van der Waals surface area contributed by atoms with Crippen molar-refractivity contribution in [2.75, 3.05) is 6.61 Å². The van der Waals surface area contributed by atoms with Crippen molar-refractivity contribution < 1.29 is 9.50 Å². The monoisotopic (exact) mass is 320 g/mol. The number of halogens is 1. The van der Waals surface area contributed by atoms with Crippen LogP contribution < -0.4 is 0 Å². The van der Waals surface area contributed by atoms with Gasteiger partial charge in [-0.25, -0.2) is 4.39 Å². The molecule has 3 saturated carbocycles. The molecular formula is C21H33FO. The average molecular weight is 320 g/mol. The highest BCUT2D eigenvalue weighted by atomic mass is 19.1. The van der Waals surface area contributed by atoms with Crippen LogP contribution in [0.3, 0.4) is 0 Å². The van der Waals surface area contributed by atoms with Crippen LogP contribution in [0.5, 0.6) is 0 Å². The van der Waals surface area contributed by atoms with Crippen LogP contribution in [0.25, 0.3) is 0 Å². The lowest BCUT2D eigenvalue weighted by Gasteiger charge is -2.59. The number of alkyl halides is 1. The molecule has 0 aromatic rings. The van der Waals surface area contributed by atoms with Crippen LogP contribution in [0.2, 0.25) is 0 Å². The Hall–Kier alpha value is -0.370. The Morgan fingerprint density at radius 2 is 2.00 bits per heavy atom. The highest BCUT2D eigenvalue weighted by Crippen LogP contribution is 2.67. The normalized spacial score (nSPS) is 52.3. The summed E-state index contributed by atoms with van der Waals surface area (Å²) < 4.78 is 15.1. The van der Waals surface area contributed by atoms with E-state index in [1.54, 1.807) is 0 Å². The summed E-state index contributed by atoms with van der Waals surface area (Å²) in [5.41, 5.74) is 1.66. The average Bonchev–Trinajstić information content (AvgIpc) is 2.85. The van der Waals surface area contributed by atoms with Gasteiger partial charge in [-0.15, -0.1) is 0 Å². The molecule has 0 bridgehead atoms. The molecule has 0 aliphatic heterocycles. The second kappa shape index (κ2) is 5.58. The van der Waals surface area contributed by atoms with E-state index in [-0.39, 0.29) is 5.41 Å². The highest BCUT2D eigenvalue weighted by Gasteiger charge is 2.60. The number of hydrogen-bond acceptors (Lipinski definition) is 1. The van der Waals surface area contributed by atoms with Gasteiger partial charge in [-0.3, -0.25) is 0 Å². The van der Waals surface area contributed by atoms with Gasteiger partial charge in [0.05, 0.1) is 0 Å². The molecule has 0 aromatic carbocycles. The van der Waals surface area contributed by atoms with Crippen LogP contribution in [0, 0.1) is 34.5 Å². The van der Waals surface area contributed by atoms with Gasteiger partial charge in [-0.1, -0.05) is 19.9 Å². The zero-order chi connectivity index (χ0) is 16.2. The second-order valence-electron chi connectivity index (χ2n) is 9.38.